The second-order valence-corrected chi connectivity index (χ2v) is 6.94. The van der Waals surface area contributed by atoms with Gasteiger partial charge in [-0.3, -0.25) is 19.1 Å². The lowest BCUT2D eigenvalue weighted by molar-refractivity contribution is -0.117. The molecule has 0 radical (unpaired) electrons. The number of nitrogens with one attached hydrogen (secondary N) is 1. The Balaban J connectivity index is 2.39. The van der Waals surface area contributed by atoms with Crippen LogP contribution in [0.15, 0.2) is 33.9 Å². The number of hydrogen-bond acceptors (Lipinski definition) is 5. The van der Waals surface area contributed by atoms with Crippen LogP contribution in [0.25, 0.3) is 0 Å². The number of carbonyl (C=O) groups is 1. The predicted molar refractivity (Wildman–Crippen MR) is 118 cm³/mol. The standard InChI is InChI=1S/C21H31N5O3/c1-5-8-13-26-19(22)18(20(28)23-21(26)29)24(6-2)14-17(27)25(7-3)16-12-10-9-11-15(16)4/h9-12H,5-8,13-14,22H2,1-4H3,(H,23,28,29). The van der Waals surface area contributed by atoms with Crippen molar-refractivity contribution in [3.63, 3.8) is 0 Å². The molecule has 0 unspecified atom stereocenters. The zero-order valence-corrected chi connectivity index (χ0v) is 17.7. The van der Waals surface area contributed by atoms with Crippen molar-refractivity contribution in [2.75, 3.05) is 35.2 Å². The lowest BCUT2D eigenvalue weighted by Crippen LogP contribution is -2.44. The molecule has 0 spiro atoms. The van der Waals surface area contributed by atoms with E-state index in [1.54, 1.807) is 9.80 Å². The molecule has 1 aromatic carbocycles. The molecule has 2 rings (SSSR count). The van der Waals surface area contributed by atoms with Crippen molar-refractivity contribution in [3.8, 4) is 0 Å². The maximum atomic E-state index is 13.1. The highest BCUT2D eigenvalue weighted by molar-refractivity contribution is 5.97. The van der Waals surface area contributed by atoms with Crippen LogP contribution in [-0.4, -0.2) is 35.1 Å². The van der Waals surface area contributed by atoms with Crippen LogP contribution in [-0.2, 0) is 11.3 Å². The third-order valence-corrected chi connectivity index (χ3v) is 5.00. The van der Waals surface area contributed by atoms with Crippen LogP contribution in [0.3, 0.4) is 0 Å². The van der Waals surface area contributed by atoms with Crippen molar-refractivity contribution < 1.29 is 4.79 Å². The van der Waals surface area contributed by atoms with Gasteiger partial charge in [0.05, 0.1) is 6.54 Å². The van der Waals surface area contributed by atoms with Crippen LogP contribution in [0.5, 0.6) is 0 Å². The van der Waals surface area contributed by atoms with E-state index in [2.05, 4.69) is 4.98 Å². The Kier molecular flexibility index (Phi) is 7.64. The number of unbranched alkanes of at least 4 members (excludes halogenated alkanes) is 1. The van der Waals surface area contributed by atoms with E-state index in [-0.39, 0.29) is 24.0 Å². The molecule has 0 saturated heterocycles. The summed E-state index contributed by atoms with van der Waals surface area (Å²) in [7, 11) is 0. The van der Waals surface area contributed by atoms with Crippen LogP contribution in [0.1, 0.15) is 39.2 Å². The molecular weight excluding hydrogens is 370 g/mol. The molecule has 1 heterocycles. The lowest BCUT2D eigenvalue weighted by atomic mass is 10.1. The minimum atomic E-state index is -0.575. The van der Waals surface area contributed by atoms with Gasteiger partial charge in [-0.05, 0) is 38.8 Å². The van der Waals surface area contributed by atoms with Gasteiger partial charge in [-0.15, -0.1) is 0 Å². The summed E-state index contributed by atoms with van der Waals surface area (Å²) in [6.45, 7) is 9.02. The van der Waals surface area contributed by atoms with E-state index < -0.39 is 11.2 Å². The van der Waals surface area contributed by atoms with Gasteiger partial charge in [0.1, 0.15) is 11.5 Å². The fraction of sp³-hybridized carbons (Fsp3) is 0.476. The SMILES string of the molecule is CCCCn1c(N)c(N(CC)CC(=O)N(CC)c2ccccc2C)c(=O)[nH]c1=O. The Bertz CT molecular complexity index is 964. The molecule has 0 aliphatic rings. The zero-order chi connectivity index (χ0) is 21.6. The van der Waals surface area contributed by atoms with Gasteiger partial charge >= 0.3 is 5.69 Å². The monoisotopic (exact) mass is 401 g/mol. The maximum absolute atomic E-state index is 13.1. The van der Waals surface area contributed by atoms with Crippen molar-refractivity contribution >= 4 is 23.1 Å². The number of aromatic nitrogens is 2. The number of nitrogens with zero attached hydrogens (tertiary/aromatic N) is 3. The predicted octanol–water partition coefficient (Wildman–Crippen LogP) is 2.11. The molecule has 0 bridgehead atoms. The summed E-state index contributed by atoms with van der Waals surface area (Å²) in [6.07, 6.45) is 1.65. The molecule has 0 saturated carbocycles. The Labute approximate surface area is 170 Å². The number of hydrogen-bond donors (Lipinski definition) is 2. The van der Waals surface area contributed by atoms with Crippen molar-refractivity contribution in [2.24, 2.45) is 0 Å². The molecule has 2 aromatic rings. The van der Waals surface area contributed by atoms with E-state index in [0.717, 1.165) is 24.1 Å². The van der Waals surface area contributed by atoms with Crippen LogP contribution in [0, 0.1) is 6.92 Å². The van der Waals surface area contributed by atoms with Gasteiger partial charge in [0.2, 0.25) is 5.91 Å². The smallest absolute Gasteiger partial charge is 0.330 e. The molecule has 158 valence electrons. The first kappa shape index (κ1) is 22.3. The molecule has 1 amide bonds. The minimum absolute atomic E-state index is 0.0159. The first-order chi connectivity index (χ1) is 13.8. The van der Waals surface area contributed by atoms with Gasteiger partial charge in [0, 0.05) is 25.3 Å². The number of rotatable bonds is 9. The number of amides is 1. The Morgan fingerprint density at radius 2 is 1.83 bits per heavy atom. The molecule has 29 heavy (non-hydrogen) atoms. The van der Waals surface area contributed by atoms with Crippen molar-refractivity contribution in [3.05, 3.63) is 50.7 Å². The Hall–Kier alpha value is -3.03. The van der Waals surface area contributed by atoms with Gasteiger partial charge in [0.25, 0.3) is 5.56 Å². The molecule has 8 heteroatoms. The third-order valence-electron chi connectivity index (χ3n) is 5.00. The first-order valence-electron chi connectivity index (χ1n) is 10.1. The summed E-state index contributed by atoms with van der Waals surface area (Å²) >= 11 is 0. The third kappa shape index (κ3) is 4.88. The average Bonchev–Trinajstić information content (AvgIpc) is 2.68. The highest BCUT2D eigenvalue weighted by Gasteiger charge is 2.23. The highest BCUT2D eigenvalue weighted by atomic mass is 16.2. The first-order valence-corrected chi connectivity index (χ1v) is 10.1. The number of benzene rings is 1. The van der Waals surface area contributed by atoms with E-state index >= 15 is 0 Å². The normalized spacial score (nSPS) is 10.8. The number of carbonyl (C=O) groups excluding carboxylic acids is 1. The average molecular weight is 402 g/mol. The quantitative estimate of drug-likeness (QED) is 0.670. The highest BCUT2D eigenvalue weighted by Crippen LogP contribution is 2.21. The molecule has 8 nitrogen and oxygen atoms in total. The zero-order valence-electron chi connectivity index (χ0n) is 17.7. The second-order valence-electron chi connectivity index (χ2n) is 6.94. The van der Waals surface area contributed by atoms with Crippen LogP contribution in [0.2, 0.25) is 0 Å². The minimum Gasteiger partial charge on any atom is -0.383 e. The van der Waals surface area contributed by atoms with Gasteiger partial charge < -0.3 is 15.5 Å². The van der Waals surface area contributed by atoms with Crippen LogP contribution in [0.4, 0.5) is 17.2 Å². The number of nitrogen functional groups attached to an aromatic ring is 1. The van der Waals surface area contributed by atoms with E-state index in [0.29, 0.717) is 19.6 Å². The van der Waals surface area contributed by atoms with E-state index in [9.17, 15) is 14.4 Å². The molecule has 0 atom stereocenters. The molecule has 0 aliphatic heterocycles. The van der Waals surface area contributed by atoms with E-state index in [1.165, 1.54) is 4.57 Å². The second kappa shape index (κ2) is 9.95. The summed E-state index contributed by atoms with van der Waals surface area (Å²) < 4.78 is 1.37. The molecule has 0 fully saturated rings. The van der Waals surface area contributed by atoms with Gasteiger partial charge in [-0.1, -0.05) is 31.5 Å². The molecular formula is C21H31N5O3. The fourth-order valence-electron chi connectivity index (χ4n) is 3.37. The fourth-order valence-corrected chi connectivity index (χ4v) is 3.37. The van der Waals surface area contributed by atoms with Gasteiger partial charge in [-0.25, -0.2) is 4.79 Å². The van der Waals surface area contributed by atoms with Gasteiger partial charge in [-0.2, -0.15) is 0 Å². The number of likely N-dealkylation sites (N-methyl/N-ethyl adjacent to an activating group) is 2. The number of aromatic amines is 1. The van der Waals surface area contributed by atoms with Gasteiger partial charge in [0.15, 0.2) is 0 Å². The number of H-pyrrole nitrogens is 1. The summed E-state index contributed by atoms with van der Waals surface area (Å²) in [6, 6.07) is 7.67. The molecule has 1 aromatic heterocycles. The Morgan fingerprint density at radius 3 is 2.41 bits per heavy atom. The number of aryl methyl sites for hydroxylation is 1. The summed E-state index contributed by atoms with van der Waals surface area (Å²) in [5, 5.41) is 0. The van der Waals surface area contributed by atoms with Crippen molar-refractivity contribution in [1.29, 1.82) is 0 Å². The van der Waals surface area contributed by atoms with Crippen LogP contribution < -0.4 is 26.8 Å². The number of anilines is 3. The topological polar surface area (TPSA) is 104 Å². The number of nitrogens with two attached hydrogens (primary N) is 1. The van der Waals surface area contributed by atoms with E-state index in [4.69, 9.17) is 5.73 Å². The van der Waals surface area contributed by atoms with Crippen LogP contribution >= 0.6 is 0 Å². The number of para-hydroxylation sites is 1. The summed E-state index contributed by atoms with van der Waals surface area (Å²) in [5.41, 5.74) is 7.10. The lowest BCUT2D eigenvalue weighted by Gasteiger charge is -2.28. The molecule has 3 N–H and O–H groups in total. The van der Waals surface area contributed by atoms with Crippen molar-refractivity contribution in [1.82, 2.24) is 9.55 Å². The largest absolute Gasteiger partial charge is 0.383 e. The maximum Gasteiger partial charge on any atom is 0.330 e. The van der Waals surface area contributed by atoms with E-state index in [1.807, 2.05) is 52.0 Å². The van der Waals surface area contributed by atoms with Crippen molar-refractivity contribution in [2.45, 2.75) is 47.1 Å². The molecule has 0 aliphatic carbocycles. The summed E-state index contributed by atoms with van der Waals surface area (Å²) in [5.74, 6) is -0.0467. The Morgan fingerprint density at radius 1 is 1.14 bits per heavy atom. The summed E-state index contributed by atoms with van der Waals surface area (Å²) in [4.78, 5) is 43.4.